The van der Waals surface area contributed by atoms with Crippen molar-refractivity contribution in [1.82, 2.24) is 0 Å². The lowest BCUT2D eigenvalue weighted by Gasteiger charge is -2.00. The van der Waals surface area contributed by atoms with E-state index in [4.69, 9.17) is 0 Å². The predicted molar refractivity (Wildman–Crippen MR) is 59.1 cm³/mol. The fourth-order valence-electron chi connectivity index (χ4n) is 0.358. The van der Waals surface area contributed by atoms with Gasteiger partial charge in [-0.05, 0) is 45.2 Å². The van der Waals surface area contributed by atoms with Gasteiger partial charge in [-0.2, -0.15) is 0 Å². The third kappa shape index (κ3) is 3.25. The summed E-state index contributed by atoms with van der Waals surface area (Å²) in [5, 5.41) is 0. The number of esters is 2. The summed E-state index contributed by atoms with van der Waals surface area (Å²) in [7, 11) is 2.50. The molecule has 68 valence electrons. The molecule has 0 rings (SSSR count). The van der Waals surface area contributed by atoms with E-state index in [2.05, 4.69) is 9.47 Å². The maximum absolute atomic E-state index is 10.9. The topological polar surface area (TPSA) is 52.6 Å². The van der Waals surface area contributed by atoms with Crippen LogP contribution in [0, 0.1) is 0 Å². The van der Waals surface area contributed by atoms with E-state index in [1.54, 1.807) is 45.2 Å². The summed E-state index contributed by atoms with van der Waals surface area (Å²) >= 11 is 3.46. The maximum Gasteiger partial charge on any atom is 0.345 e. The molecule has 0 saturated carbocycles. The first kappa shape index (κ1) is 12.1. The van der Waals surface area contributed by atoms with Crippen LogP contribution in [0.3, 0.4) is 0 Å². The number of hydrogen-bond donors (Lipinski definition) is 0. The first-order valence-corrected chi connectivity index (χ1v) is 4.92. The van der Waals surface area contributed by atoms with Crippen molar-refractivity contribution >= 4 is 57.1 Å². The number of rotatable bonds is 2. The Hall–Kier alpha value is 0.140. The van der Waals surface area contributed by atoms with Crippen molar-refractivity contribution < 1.29 is 19.1 Å². The highest BCUT2D eigenvalue weighted by molar-refractivity contribution is 14.1. The number of ether oxygens (including phenoxy) is 2. The van der Waals surface area contributed by atoms with Gasteiger partial charge < -0.3 is 9.47 Å². The summed E-state index contributed by atoms with van der Waals surface area (Å²) in [6.07, 6.45) is 0. The van der Waals surface area contributed by atoms with Gasteiger partial charge in [0.05, 0.1) is 14.2 Å². The van der Waals surface area contributed by atoms with Crippen LogP contribution in [0.4, 0.5) is 0 Å². The van der Waals surface area contributed by atoms with Crippen molar-refractivity contribution in [2.24, 2.45) is 0 Å². The molecular formula is C6H6I2O4. The van der Waals surface area contributed by atoms with E-state index >= 15 is 0 Å². The van der Waals surface area contributed by atoms with Crippen molar-refractivity contribution in [3.63, 3.8) is 0 Å². The molecular weight excluding hydrogens is 390 g/mol. The lowest BCUT2D eigenvalue weighted by atomic mass is 10.5. The van der Waals surface area contributed by atoms with Gasteiger partial charge >= 0.3 is 11.9 Å². The van der Waals surface area contributed by atoms with Crippen LogP contribution in [-0.2, 0) is 19.1 Å². The quantitative estimate of drug-likeness (QED) is 0.403. The molecule has 0 atom stereocenters. The number of methoxy groups -OCH3 is 2. The molecule has 0 aliphatic carbocycles. The van der Waals surface area contributed by atoms with E-state index in [0.717, 1.165) is 0 Å². The van der Waals surface area contributed by atoms with Crippen LogP contribution in [0.1, 0.15) is 0 Å². The number of halogens is 2. The van der Waals surface area contributed by atoms with Crippen molar-refractivity contribution in [3.05, 3.63) is 7.16 Å². The minimum absolute atomic E-state index is 0.225. The Morgan fingerprint density at radius 2 is 1.17 bits per heavy atom. The van der Waals surface area contributed by atoms with Crippen LogP contribution in [0.25, 0.3) is 0 Å². The van der Waals surface area contributed by atoms with Gasteiger partial charge in [-0.15, -0.1) is 0 Å². The SMILES string of the molecule is COC(=O)C(I)=C(I)C(=O)OC. The monoisotopic (exact) mass is 396 g/mol. The van der Waals surface area contributed by atoms with E-state index in [9.17, 15) is 9.59 Å². The van der Waals surface area contributed by atoms with Crippen LogP contribution in [-0.4, -0.2) is 26.2 Å². The molecule has 0 heterocycles. The average molecular weight is 396 g/mol. The molecule has 0 unspecified atom stereocenters. The summed E-state index contributed by atoms with van der Waals surface area (Å²) in [6, 6.07) is 0. The molecule has 0 radical (unpaired) electrons. The van der Waals surface area contributed by atoms with Crippen LogP contribution in [0.2, 0.25) is 0 Å². The summed E-state index contributed by atoms with van der Waals surface area (Å²) in [5.74, 6) is -1.07. The summed E-state index contributed by atoms with van der Waals surface area (Å²) < 4.78 is 9.27. The lowest BCUT2D eigenvalue weighted by molar-refractivity contribution is -0.137. The van der Waals surface area contributed by atoms with Crippen LogP contribution in [0.5, 0.6) is 0 Å². The molecule has 0 saturated heterocycles. The van der Waals surface area contributed by atoms with Gasteiger partial charge in [-0.1, -0.05) is 0 Å². The Morgan fingerprint density at radius 1 is 0.917 bits per heavy atom. The minimum atomic E-state index is -0.537. The molecule has 0 aromatic carbocycles. The maximum atomic E-state index is 10.9. The zero-order chi connectivity index (χ0) is 9.72. The number of carbonyl (C=O) groups is 2. The molecule has 0 aliphatic heterocycles. The highest BCUT2D eigenvalue weighted by Crippen LogP contribution is 2.21. The second-order valence-electron chi connectivity index (χ2n) is 1.61. The normalized spacial score (nSPS) is 11.7. The van der Waals surface area contributed by atoms with Gasteiger partial charge in [0.2, 0.25) is 0 Å². The summed E-state index contributed by atoms with van der Waals surface area (Å²) in [4.78, 5) is 21.7. The molecule has 12 heavy (non-hydrogen) atoms. The van der Waals surface area contributed by atoms with Crippen LogP contribution in [0.15, 0.2) is 7.16 Å². The van der Waals surface area contributed by atoms with Gasteiger partial charge in [0.1, 0.15) is 7.16 Å². The first-order valence-electron chi connectivity index (χ1n) is 2.76. The molecule has 0 aliphatic rings. The fourth-order valence-corrected chi connectivity index (χ4v) is 1.24. The van der Waals surface area contributed by atoms with Crippen molar-refractivity contribution in [1.29, 1.82) is 0 Å². The summed E-state index contributed by atoms with van der Waals surface area (Å²) in [5.41, 5.74) is 0. The molecule has 0 bridgehead atoms. The average Bonchev–Trinajstić information content (AvgIpc) is 2.12. The third-order valence-corrected chi connectivity index (χ3v) is 3.91. The Balaban J connectivity index is 4.68. The smallest absolute Gasteiger partial charge is 0.345 e. The highest BCUT2D eigenvalue weighted by Gasteiger charge is 2.16. The second-order valence-corrected chi connectivity index (χ2v) is 3.77. The molecule has 0 N–H and O–H groups in total. The van der Waals surface area contributed by atoms with Gasteiger partial charge in [0.25, 0.3) is 0 Å². The van der Waals surface area contributed by atoms with Gasteiger partial charge in [0.15, 0.2) is 0 Å². The molecule has 0 aromatic rings. The van der Waals surface area contributed by atoms with E-state index in [1.807, 2.05) is 0 Å². The predicted octanol–water partition coefficient (Wildman–Crippen LogP) is 1.41. The zero-order valence-corrected chi connectivity index (χ0v) is 10.7. The second kappa shape index (κ2) is 5.73. The van der Waals surface area contributed by atoms with E-state index in [1.165, 1.54) is 14.2 Å². The number of hydrogen-bond acceptors (Lipinski definition) is 4. The first-order chi connectivity index (χ1) is 5.54. The van der Waals surface area contributed by atoms with E-state index < -0.39 is 11.9 Å². The minimum Gasteiger partial charge on any atom is -0.465 e. The molecule has 0 spiro atoms. The molecule has 0 amide bonds. The van der Waals surface area contributed by atoms with Gasteiger partial charge in [0, 0.05) is 0 Å². The highest BCUT2D eigenvalue weighted by atomic mass is 127. The molecule has 4 nitrogen and oxygen atoms in total. The van der Waals surface area contributed by atoms with E-state index in [0.29, 0.717) is 0 Å². The number of carbonyl (C=O) groups excluding carboxylic acids is 2. The molecule has 0 fully saturated rings. The van der Waals surface area contributed by atoms with Gasteiger partial charge in [-0.25, -0.2) is 9.59 Å². The Bertz CT molecular complexity index is 210. The lowest BCUT2D eigenvalue weighted by Crippen LogP contribution is -2.07. The fraction of sp³-hybridized carbons (Fsp3) is 0.333. The van der Waals surface area contributed by atoms with Crippen molar-refractivity contribution in [2.75, 3.05) is 14.2 Å². The third-order valence-electron chi connectivity index (χ3n) is 0.922. The Kier molecular flexibility index (Phi) is 5.80. The standard InChI is InChI=1S/C6H6I2O4/c1-11-5(9)3(7)4(8)6(10)12-2/h1-2H3. The van der Waals surface area contributed by atoms with Crippen LogP contribution < -0.4 is 0 Å². The van der Waals surface area contributed by atoms with Crippen molar-refractivity contribution in [2.45, 2.75) is 0 Å². The Morgan fingerprint density at radius 3 is 1.33 bits per heavy atom. The Labute approximate surface area is 96.9 Å². The summed E-state index contributed by atoms with van der Waals surface area (Å²) in [6.45, 7) is 0. The largest absolute Gasteiger partial charge is 0.465 e. The van der Waals surface area contributed by atoms with Crippen LogP contribution >= 0.6 is 45.2 Å². The van der Waals surface area contributed by atoms with Gasteiger partial charge in [-0.3, -0.25) is 0 Å². The zero-order valence-electron chi connectivity index (χ0n) is 6.39. The molecule has 6 heteroatoms. The molecule has 0 aromatic heterocycles. The van der Waals surface area contributed by atoms with E-state index in [-0.39, 0.29) is 7.16 Å². The van der Waals surface area contributed by atoms with Crippen molar-refractivity contribution in [3.8, 4) is 0 Å².